The molecule has 0 radical (unpaired) electrons. The molecule has 146 valence electrons. The highest BCUT2D eigenvalue weighted by atomic mass is 19.1. The van der Waals surface area contributed by atoms with E-state index in [0.717, 1.165) is 11.8 Å². The summed E-state index contributed by atoms with van der Waals surface area (Å²) in [6.07, 6.45) is 4.98. The fraction of sp³-hybridized carbons (Fsp3) is 0.200. The highest BCUT2D eigenvalue weighted by molar-refractivity contribution is 5.79. The Labute approximate surface area is 165 Å². The lowest BCUT2D eigenvalue weighted by molar-refractivity contribution is 0.111. The molecular formula is C20H17FN6O2. The Morgan fingerprint density at radius 1 is 1.17 bits per heavy atom. The molecule has 29 heavy (non-hydrogen) atoms. The summed E-state index contributed by atoms with van der Waals surface area (Å²) in [5, 5.41) is 0. The van der Waals surface area contributed by atoms with Crippen LogP contribution in [0, 0.1) is 12.7 Å². The number of aromatic nitrogens is 6. The number of hydrogen-bond acceptors (Lipinski definition) is 7. The highest BCUT2D eigenvalue weighted by Crippen LogP contribution is 2.27. The highest BCUT2D eigenvalue weighted by Gasteiger charge is 2.19. The lowest BCUT2D eigenvalue weighted by Gasteiger charge is -2.10. The molecule has 4 aromatic rings. The van der Waals surface area contributed by atoms with Crippen LogP contribution < -0.4 is 4.74 Å². The maximum atomic E-state index is 13.8. The van der Waals surface area contributed by atoms with Crippen molar-refractivity contribution in [2.45, 2.75) is 20.4 Å². The Bertz CT molecular complexity index is 1190. The van der Waals surface area contributed by atoms with Gasteiger partial charge in [-0.3, -0.25) is 14.8 Å². The molecule has 4 heterocycles. The van der Waals surface area contributed by atoms with Gasteiger partial charge in [-0.25, -0.2) is 9.37 Å². The third kappa shape index (κ3) is 3.66. The van der Waals surface area contributed by atoms with Gasteiger partial charge in [0, 0.05) is 18.0 Å². The molecule has 0 aliphatic carbocycles. The zero-order valence-corrected chi connectivity index (χ0v) is 15.8. The molecule has 4 aromatic heterocycles. The number of carbonyl (C=O) groups is 1. The largest absolute Gasteiger partial charge is 0.464 e. The van der Waals surface area contributed by atoms with E-state index in [1.165, 1.54) is 6.07 Å². The molecule has 4 rings (SSSR count). The smallest absolute Gasteiger partial charge is 0.318 e. The lowest BCUT2D eigenvalue weighted by atomic mass is 10.2. The van der Waals surface area contributed by atoms with Gasteiger partial charge in [0.15, 0.2) is 11.9 Å². The maximum absolute atomic E-state index is 13.8. The van der Waals surface area contributed by atoms with Gasteiger partial charge < -0.3 is 9.30 Å². The first-order chi connectivity index (χ1) is 14.1. The standard InChI is InChI=1S/C20H17FN6O2/c1-3-29-20-24-12(2)17-19(26-20)27(10-13-4-5-16(11-28)23-7-13)18(25-17)14-6-15(21)9-22-8-14/h4-9,11H,3,10H2,1-2H3. The van der Waals surface area contributed by atoms with E-state index < -0.39 is 5.82 Å². The average molecular weight is 392 g/mol. The van der Waals surface area contributed by atoms with Crippen molar-refractivity contribution in [3.63, 3.8) is 0 Å². The van der Waals surface area contributed by atoms with Gasteiger partial charge in [0.1, 0.15) is 22.9 Å². The van der Waals surface area contributed by atoms with Crippen LogP contribution in [0.5, 0.6) is 6.01 Å². The van der Waals surface area contributed by atoms with Crippen LogP contribution in [-0.4, -0.2) is 42.4 Å². The monoisotopic (exact) mass is 392 g/mol. The summed E-state index contributed by atoms with van der Waals surface area (Å²) in [4.78, 5) is 32.4. The Morgan fingerprint density at radius 2 is 2.03 bits per heavy atom. The molecule has 0 aromatic carbocycles. The van der Waals surface area contributed by atoms with E-state index in [0.29, 0.717) is 53.4 Å². The van der Waals surface area contributed by atoms with Crippen LogP contribution in [0.4, 0.5) is 4.39 Å². The van der Waals surface area contributed by atoms with Gasteiger partial charge in [-0.1, -0.05) is 6.07 Å². The fourth-order valence-corrected chi connectivity index (χ4v) is 2.99. The molecule has 0 saturated heterocycles. The number of halogens is 1. The fourth-order valence-electron chi connectivity index (χ4n) is 2.99. The van der Waals surface area contributed by atoms with Gasteiger partial charge in [-0.15, -0.1) is 0 Å². The Morgan fingerprint density at radius 3 is 2.72 bits per heavy atom. The summed E-state index contributed by atoms with van der Waals surface area (Å²) >= 11 is 0. The van der Waals surface area contributed by atoms with Crippen LogP contribution in [0.3, 0.4) is 0 Å². The first-order valence-electron chi connectivity index (χ1n) is 8.97. The number of fused-ring (bicyclic) bond motifs is 1. The molecule has 0 fully saturated rings. The van der Waals surface area contributed by atoms with Crippen molar-refractivity contribution in [3.05, 3.63) is 59.6 Å². The first-order valence-corrected chi connectivity index (χ1v) is 8.97. The average Bonchev–Trinajstić information content (AvgIpc) is 3.08. The van der Waals surface area contributed by atoms with Crippen LogP contribution in [0.15, 0.2) is 36.8 Å². The van der Waals surface area contributed by atoms with Crippen LogP contribution >= 0.6 is 0 Å². The zero-order valence-electron chi connectivity index (χ0n) is 15.8. The van der Waals surface area contributed by atoms with E-state index >= 15 is 0 Å². The van der Waals surface area contributed by atoms with Crippen molar-refractivity contribution >= 4 is 17.5 Å². The second kappa shape index (κ2) is 7.70. The zero-order chi connectivity index (χ0) is 20.4. The minimum atomic E-state index is -0.462. The molecule has 8 nitrogen and oxygen atoms in total. The molecule has 9 heteroatoms. The Hall–Kier alpha value is -3.75. The molecule has 0 bridgehead atoms. The first kappa shape index (κ1) is 18.6. The van der Waals surface area contributed by atoms with Gasteiger partial charge in [0.2, 0.25) is 0 Å². The molecule has 0 atom stereocenters. The summed E-state index contributed by atoms with van der Waals surface area (Å²) in [5.41, 5.74) is 3.48. The normalized spacial score (nSPS) is 11.0. The van der Waals surface area contributed by atoms with E-state index in [9.17, 15) is 9.18 Å². The molecular weight excluding hydrogens is 375 g/mol. The number of nitrogens with zero attached hydrogens (tertiary/aromatic N) is 6. The molecule has 0 unspecified atom stereocenters. The summed E-state index contributed by atoms with van der Waals surface area (Å²) in [6, 6.07) is 5.05. The van der Waals surface area contributed by atoms with Crippen molar-refractivity contribution in [1.82, 2.24) is 29.5 Å². The molecule has 0 aliphatic heterocycles. The topological polar surface area (TPSA) is 95.7 Å². The number of rotatable bonds is 6. The summed E-state index contributed by atoms with van der Waals surface area (Å²) in [7, 11) is 0. The maximum Gasteiger partial charge on any atom is 0.318 e. The molecule has 0 amide bonds. The number of hydrogen-bond donors (Lipinski definition) is 0. The molecule has 0 spiro atoms. The number of imidazole rings is 1. The second-order valence-corrected chi connectivity index (χ2v) is 6.32. The van der Waals surface area contributed by atoms with Crippen LogP contribution in [0.25, 0.3) is 22.6 Å². The Kier molecular flexibility index (Phi) is 4.94. The van der Waals surface area contributed by atoms with Crippen LogP contribution in [0.1, 0.15) is 28.7 Å². The predicted octanol–water partition coefficient (Wildman–Crippen LogP) is 2.99. The van der Waals surface area contributed by atoms with Crippen LogP contribution in [0.2, 0.25) is 0 Å². The van der Waals surface area contributed by atoms with Crippen LogP contribution in [-0.2, 0) is 6.54 Å². The minimum Gasteiger partial charge on any atom is -0.464 e. The van der Waals surface area contributed by atoms with Crippen molar-refractivity contribution in [1.29, 1.82) is 0 Å². The minimum absolute atomic E-state index is 0.247. The Balaban J connectivity index is 1.91. The summed E-state index contributed by atoms with van der Waals surface area (Å²) in [5.74, 6) is 0.0356. The molecule has 0 aliphatic rings. The van der Waals surface area contributed by atoms with Crippen molar-refractivity contribution in [2.75, 3.05) is 6.61 Å². The van der Waals surface area contributed by atoms with E-state index in [4.69, 9.17) is 4.74 Å². The second-order valence-electron chi connectivity index (χ2n) is 6.32. The molecule has 0 saturated carbocycles. The number of aldehydes is 1. The van der Waals surface area contributed by atoms with E-state index in [1.54, 1.807) is 24.5 Å². The lowest BCUT2D eigenvalue weighted by Crippen LogP contribution is -2.06. The van der Waals surface area contributed by atoms with Crippen molar-refractivity contribution < 1.29 is 13.9 Å². The van der Waals surface area contributed by atoms with Gasteiger partial charge in [-0.2, -0.15) is 9.97 Å². The third-order valence-electron chi connectivity index (χ3n) is 4.29. The van der Waals surface area contributed by atoms with Gasteiger partial charge in [-0.05, 0) is 31.5 Å². The van der Waals surface area contributed by atoms with E-state index in [-0.39, 0.29) is 6.01 Å². The van der Waals surface area contributed by atoms with Gasteiger partial charge in [0.25, 0.3) is 0 Å². The van der Waals surface area contributed by atoms with Gasteiger partial charge in [0.05, 0.1) is 25.0 Å². The predicted molar refractivity (Wildman–Crippen MR) is 103 cm³/mol. The number of carbonyl (C=O) groups excluding carboxylic acids is 1. The SMILES string of the molecule is CCOc1nc(C)c2nc(-c3cncc(F)c3)n(Cc3ccc(C=O)nc3)c2n1. The summed E-state index contributed by atoms with van der Waals surface area (Å²) in [6.45, 7) is 4.45. The van der Waals surface area contributed by atoms with Crippen molar-refractivity contribution in [3.8, 4) is 17.4 Å². The van der Waals surface area contributed by atoms with E-state index in [1.807, 2.05) is 18.4 Å². The van der Waals surface area contributed by atoms with E-state index in [2.05, 4.69) is 24.9 Å². The quantitative estimate of drug-likeness (QED) is 0.466. The molecule has 0 N–H and O–H groups in total. The number of pyridine rings is 2. The summed E-state index contributed by atoms with van der Waals surface area (Å²) < 4.78 is 21.1. The third-order valence-corrected chi connectivity index (χ3v) is 4.29. The number of aryl methyl sites for hydroxylation is 1. The van der Waals surface area contributed by atoms with Crippen molar-refractivity contribution in [2.24, 2.45) is 0 Å². The number of ether oxygens (including phenoxy) is 1. The van der Waals surface area contributed by atoms with Gasteiger partial charge >= 0.3 is 6.01 Å².